The lowest BCUT2D eigenvalue weighted by molar-refractivity contribution is -0.160. The molecule has 1 aliphatic heterocycles. The number of ether oxygens (including phenoxy) is 2. The van der Waals surface area contributed by atoms with Crippen LogP contribution in [0.1, 0.15) is 6.42 Å². The highest BCUT2D eigenvalue weighted by Gasteiger charge is 2.29. The molecule has 88 valence electrons. The van der Waals surface area contributed by atoms with Crippen LogP contribution in [0.3, 0.4) is 0 Å². The summed E-state index contributed by atoms with van der Waals surface area (Å²) < 4.78 is 43.9. The fraction of sp³-hybridized carbons (Fsp3) is 0.875. The Morgan fingerprint density at radius 2 is 2.27 bits per heavy atom. The van der Waals surface area contributed by atoms with E-state index in [9.17, 15) is 18.0 Å². The molecule has 4 nitrogen and oxygen atoms in total. The van der Waals surface area contributed by atoms with Crippen molar-refractivity contribution in [3.8, 4) is 0 Å². The SMILES string of the molecule is O=C(NCC1CCOC1)OCC(F)(F)F. The van der Waals surface area contributed by atoms with Gasteiger partial charge in [0.1, 0.15) is 0 Å². The van der Waals surface area contributed by atoms with E-state index in [4.69, 9.17) is 4.74 Å². The number of rotatable bonds is 3. The first-order chi connectivity index (χ1) is 6.97. The van der Waals surface area contributed by atoms with Gasteiger partial charge in [-0.3, -0.25) is 0 Å². The summed E-state index contributed by atoms with van der Waals surface area (Å²) in [7, 11) is 0. The summed E-state index contributed by atoms with van der Waals surface area (Å²) in [5, 5.41) is 2.26. The van der Waals surface area contributed by atoms with E-state index in [0.29, 0.717) is 13.2 Å². The molecule has 1 heterocycles. The third-order valence-electron chi connectivity index (χ3n) is 1.93. The predicted molar refractivity (Wildman–Crippen MR) is 44.3 cm³/mol. The summed E-state index contributed by atoms with van der Waals surface area (Å²) >= 11 is 0. The minimum Gasteiger partial charge on any atom is -0.440 e. The quantitative estimate of drug-likeness (QED) is 0.790. The van der Waals surface area contributed by atoms with Crippen LogP contribution in [0.25, 0.3) is 0 Å². The van der Waals surface area contributed by atoms with E-state index in [-0.39, 0.29) is 12.5 Å². The number of carbonyl (C=O) groups is 1. The molecule has 1 rings (SSSR count). The molecule has 1 atom stereocenters. The van der Waals surface area contributed by atoms with Gasteiger partial charge in [0.2, 0.25) is 0 Å². The van der Waals surface area contributed by atoms with Gasteiger partial charge in [-0.15, -0.1) is 0 Å². The minimum atomic E-state index is -4.48. The molecule has 0 aromatic rings. The number of hydrogen-bond donors (Lipinski definition) is 1. The van der Waals surface area contributed by atoms with Gasteiger partial charge in [-0.1, -0.05) is 0 Å². The van der Waals surface area contributed by atoms with E-state index < -0.39 is 18.9 Å². The third kappa shape index (κ3) is 5.46. The first-order valence-electron chi connectivity index (χ1n) is 4.52. The molecule has 1 N–H and O–H groups in total. The van der Waals surface area contributed by atoms with Gasteiger partial charge >= 0.3 is 12.3 Å². The molecule has 0 aliphatic carbocycles. The third-order valence-corrected chi connectivity index (χ3v) is 1.93. The molecule has 1 unspecified atom stereocenters. The summed E-state index contributed by atoms with van der Waals surface area (Å²) in [6.07, 6.45) is -4.72. The molecule has 0 bridgehead atoms. The van der Waals surface area contributed by atoms with Crippen molar-refractivity contribution in [2.24, 2.45) is 5.92 Å². The van der Waals surface area contributed by atoms with Crippen molar-refractivity contribution in [2.75, 3.05) is 26.4 Å². The maximum Gasteiger partial charge on any atom is 0.422 e. The molecular weight excluding hydrogens is 215 g/mol. The average molecular weight is 227 g/mol. The Morgan fingerprint density at radius 1 is 1.53 bits per heavy atom. The molecule has 1 fully saturated rings. The zero-order valence-corrected chi connectivity index (χ0v) is 7.97. The lowest BCUT2D eigenvalue weighted by Crippen LogP contribution is -2.32. The predicted octanol–water partition coefficient (Wildman–Crippen LogP) is 1.31. The number of amides is 1. The lowest BCUT2D eigenvalue weighted by Gasteiger charge is -2.11. The van der Waals surface area contributed by atoms with Gasteiger partial charge in [-0.2, -0.15) is 13.2 Å². The van der Waals surface area contributed by atoms with E-state index in [1.165, 1.54) is 0 Å². The Morgan fingerprint density at radius 3 is 2.80 bits per heavy atom. The van der Waals surface area contributed by atoms with E-state index >= 15 is 0 Å². The normalized spacial score (nSPS) is 21.4. The average Bonchev–Trinajstić information content (AvgIpc) is 2.62. The molecule has 0 spiro atoms. The Kier molecular flexibility index (Phi) is 4.19. The molecule has 0 aromatic heterocycles. The number of nitrogens with one attached hydrogen (secondary N) is 1. The number of carbonyl (C=O) groups excluding carboxylic acids is 1. The second kappa shape index (κ2) is 5.20. The molecule has 0 radical (unpaired) electrons. The highest BCUT2D eigenvalue weighted by Crippen LogP contribution is 2.14. The van der Waals surface area contributed by atoms with E-state index in [1.54, 1.807) is 0 Å². The molecule has 1 aliphatic rings. The van der Waals surface area contributed by atoms with Crippen LogP contribution >= 0.6 is 0 Å². The van der Waals surface area contributed by atoms with Gasteiger partial charge in [0.25, 0.3) is 0 Å². The molecule has 0 aromatic carbocycles. The summed E-state index contributed by atoms with van der Waals surface area (Å²) in [5.74, 6) is 0.170. The monoisotopic (exact) mass is 227 g/mol. The first kappa shape index (κ1) is 12.1. The number of halogens is 3. The lowest BCUT2D eigenvalue weighted by atomic mass is 10.1. The van der Waals surface area contributed by atoms with Crippen LogP contribution in [-0.4, -0.2) is 38.6 Å². The Labute approximate surface area is 84.7 Å². The Balaban J connectivity index is 2.08. The largest absolute Gasteiger partial charge is 0.440 e. The molecule has 15 heavy (non-hydrogen) atoms. The van der Waals surface area contributed by atoms with Crippen molar-refractivity contribution in [3.63, 3.8) is 0 Å². The van der Waals surface area contributed by atoms with Crippen molar-refractivity contribution in [1.82, 2.24) is 5.32 Å². The zero-order chi connectivity index (χ0) is 11.3. The van der Waals surface area contributed by atoms with Gasteiger partial charge in [0.05, 0.1) is 6.61 Å². The van der Waals surface area contributed by atoms with Gasteiger partial charge in [0, 0.05) is 19.1 Å². The number of alkyl carbamates (subject to hydrolysis) is 1. The van der Waals surface area contributed by atoms with Crippen LogP contribution in [0.5, 0.6) is 0 Å². The highest BCUT2D eigenvalue weighted by molar-refractivity contribution is 5.67. The summed E-state index contributed by atoms with van der Waals surface area (Å²) in [4.78, 5) is 10.8. The van der Waals surface area contributed by atoms with Crippen LogP contribution in [0.4, 0.5) is 18.0 Å². The Bertz CT molecular complexity index is 214. The summed E-state index contributed by atoms with van der Waals surface area (Å²) in [5.41, 5.74) is 0. The van der Waals surface area contributed by atoms with E-state index in [2.05, 4.69) is 10.1 Å². The van der Waals surface area contributed by atoms with Gasteiger partial charge < -0.3 is 14.8 Å². The van der Waals surface area contributed by atoms with Gasteiger partial charge in [-0.25, -0.2) is 4.79 Å². The molecule has 0 saturated carbocycles. The fourth-order valence-corrected chi connectivity index (χ4v) is 1.17. The second-order valence-electron chi connectivity index (χ2n) is 3.30. The van der Waals surface area contributed by atoms with Crippen molar-refractivity contribution in [3.05, 3.63) is 0 Å². The number of hydrogen-bond acceptors (Lipinski definition) is 3. The van der Waals surface area contributed by atoms with Crippen LogP contribution < -0.4 is 5.32 Å². The maximum absolute atomic E-state index is 11.6. The van der Waals surface area contributed by atoms with E-state index in [1.807, 2.05) is 0 Å². The highest BCUT2D eigenvalue weighted by atomic mass is 19.4. The van der Waals surface area contributed by atoms with Crippen LogP contribution in [0.15, 0.2) is 0 Å². The zero-order valence-electron chi connectivity index (χ0n) is 7.97. The van der Waals surface area contributed by atoms with E-state index in [0.717, 1.165) is 6.42 Å². The van der Waals surface area contributed by atoms with Crippen molar-refractivity contribution < 1.29 is 27.4 Å². The van der Waals surface area contributed by atoms with Crippen LogP contribution in [0.2, 0.25) is 0 Å². The maximum atomic E-state index is 11.6. The molecule has 1 amide bonds. The summed E-state index contributed by atoms with van der Waals surface area (Å²) in [6, 6.07) is 0. The van der Waals surface area contributed by atoms with Crippen molar-refractivity contribution >= 4 is 6.09 Å². The molecule has 7 heteroatoms. The second-order valence-corrected chi connectivity index (χ2v) is 3.30. The Hall–Kier alpha value is -0.980. The van der Waals surface area contributed by atoms with Crippen molar-refractivity contribution in [1.29, 1.82) is 0 Å². The van der Waals surface area contributed by atoms with Gasteiger partial charge in [0.15, 0.2) is 6.61 Å². The smallest absolute Gasteiger partial charge is 0.422 e. The standard InChI is InChI=1S/C8H12F3NO3/c9-8(10,11)5-15-7(13)12-3-6-1-2-14-4-6/h6H,1-5H2,(H,12,13). The first-order valence-corrected chi connectivity index (χ1v) is 4.52. The van der Waals surface area contributed by atoms with Crippen LogP contribution in [-0.2, 0) is 9.47 Å². The van der Waals surface area contributed by atoms with Crippen molar-refractivity contribution in [2.45, 2.75) is 12.6 Å². The molecule has 1 saturated heterocycles. The number of alkyl halides is 3. The summed E-state index contributed by atoms with van der Waals surface area (Å²) in [6.45, 7) is -0.111. The van der Waals surface area contributed by atoms with Crippen LogP contribution in [0, 0.1) is 5.92 Å². The van der Waals surface area contributed by atoms with Gasteiger partial charge in [-0.05, 0) is 6.42 Å². The minimum absolute atomic E-state index is 0.170. The topological polar surface area (TPSA) is 47.6 Å². The fourth-order valence-electron chi connectivity index (χ4n) is 1.17. The molecular formula is C8H12F3NO3.